The summed E-state index contributed by atoms with van der Waals surface area (Å²) >= 11 is 0. The highest BCUT2D eigenvalue weighted by atomic mass is 16.4. The van der Waals surface area contributed by atoms with E-state index in [1.165, 1.54) is 19.2 Å². The summed E-state index contributed by atoms with van der Waals surface area (Å²) in [5.74, 6) is -2.03. The highest BCUT2D eigenvalue weighted by Gasteiger charge is 2.29. The molecule has 25 heavy (non-hydrogen) atoms. The van der Waals surface area contributed by atoms with Crippen LogP contribution in [0.4, 0.5) is 11.4 Å². The highest BCUT2D eigenvalue weighted by Crippen LogP contribution is 2.22. The summed E-state index contributed by atoms with van der Waals surface area (Å²) in [6, 6.07) is 4.60. The molecule has 0 aromatic heterocycles. The molecule has 1 aliphatic heterocycles. The van der Waals surface area contributed by atoms with Crippen LogP contribution in [0.1, 0.15) is 12.0 Å². The fraction of sp³-hybridized carbons (Fsp3) is 0.375. The van der Waals surface area contributed by atoms with Crippen LogP contribution in [-0.4, -0.2) is 60.2 Å². The Bertz CT molecular complexity index is 718. The normalized spacial score (nSPS) is 17.1. The molecule has 0 unspecified atom stereocenters. The lowest BCUT2D eigenvalue weighted by Gasteiger charge is -2.14. The second-order valence-electron chi connectivity index (χ2n) is 5.86. The maximum absolute atomic E-state index is 12.4. The first-order valence-electron chi connectivity index (χ1n) is 7.77. The SMILES string of the molecule is CNC(=O)C(=N)c1cc(NC(=O)[C@@H]2CCN(CC(=O)O)C2)ccc1N. The number of carbonyl (C=O) groups is 3. The summed E-state index contributed by atoms with van der Waals surface area (Å²) in [5.41, 5.74) is 6.44. The lowest BCUT2D eigenvalue weighted by atomic mass is 10.1. The monoisotopic (exact) mass is 347 g/mol. The largest absolute Gasteiger partial charge is 0.480 e. The van der Waals surface area contributed by atoms with Gasteiger partial charge in [0.2, 0.25) is 5.91 Å². The van der Waals surface area contributed by atoms with Crippen LogP contribution in [0.3, 0.4) is 0 Å². The Balaban J connectivity index is 2.05. The third-order valence-corrected chi connectivity index (χ3v) is 4.05. The van der Waals surface area contributed by atoms with Crippen molar-refractivity contribution in [3.8, 4) is 0 Å². The Kier molecular flexibility index (Phi) is 5.71. The molecule has 1 fully saturated rings. The number of rotatable bonds is 6. The zero-order chi connectivity index (χ0) is 18.6. The Morgan fingerprint density at radius 2 is 2.12 bits per heavy atom. The first-order chi connectivity index (χ1) is 11.8. The number of nitrogens with zero attached hydrogens (tertiary/aromatic N) is 1. The number of hydrogen-bond acceptors (Lipinski definition) is 6. The number of carbonyl (C=O) groups excluding carboxylic acids is 2. The number of amides is 2. The second-order valence-corrected chi connectivity index (χ2v) is 5.86. The van der Waals surface area contributed by atoms with Crippen LogP contribution >= 0.6 is 0 Å². The zero-order valence-electron chi connectivity index (χ0n) is 13.8. The molecule has 0 bridgehead atoms. The molecule has 1 aromatic rings. The first kappa shape index (κ1) is 18.4. The number of carboxylic acid groups (broad SMARTS) is 1. The molecular formula is C16H21N5O4. The summed E-state index contributed by atoms with van der Waals surface area (Å²) in [6.45, 7) is 0.853. The fourth-order valence-electron chi connectivity index (χ4n) is 2.72. The number of benzene rings is 1. The summed E-state index contributed by atoms with van der Waals surface area (Å²) in [6.07, 6.45) is 0.578. The number of likely N-dealkylation sites (N-methyl/N-ethyl adjacent to an activating group) is 1. The Morgan fingerprint density at radius 1 is 1.40 bits per heavy atom. The van der Waals surface area contributed by atoms with Gasteiger partial charge in [0.25, 0.3) is 5.91 Å². The van der Waals surface area contributed by atoms with Gasteiger partial charge in [0.1, 0.15) is 5.71 Å². The predicted molar refractivity (Wildman–Crippen MR) is 92.6 cm³/mol. The van der Waals surface area contributed by atoms with Gasteiger partial charge in [0, 0.05) is 30.5 Å². The van der Waals surface area contributed by atoms with Gasteiger partial charge >= 0.3 is 5.97 Å². The Morgan fingerprint density at radius 3 is 2.76 bits per heavy atom. The number of hydrogen-bond donors (Lipinski definition) is 5. The molecule has 0 radical (unpaired) electrons. The Hall–Kier alpha value is -2.94. The van der Waals surface area contributed by atoms with Crippen molar-refractivity contribution in [1.29, 1.82) is 5.41 Å². The topological polar surface area (TPSA) is 149 Å². The van der Waals surface area contributed by atoms with Gasteiger partial charge in [-0.25, -0.2) is 0 Å². The van der Waals surface area contributed by atoms with Crippen molar-refractivity contribution in [2.45, 2.75) is 6.42 Å². The van der Waals surface area contributed by atoms with E-state index in [0.717, 1.165) is 0 Å². The molecule has 1 aliphatic rings. The van der Waals surface area contributed by atoms with Crippen LogP contribution in [0.5, 0.6) is 0 Å². The van der Waals surface area contributed by atoms with Gasteiger partial charge in [0.15, 0.2) is 0 Å². The summed E-state index contributed by atoms with van der Waals surface area (Å²) < 4.78 is 0. The zero-order valence-corrected chi connectivity index (χ0v) is 13.8. The summed E-state index contributed by atoms with van der Waals surface area (Å²) in [7, 11) is 1.42. The van der Waals surface area contributed by atoms with E-state index in [2.05, 4.69) is 10.6 Å². The number of anilines is 2. The second kappa shape index (κ2) is 7.75. The molecule has 0 spiro atoms. The number of carboxylic acids is 1. The fourth-order valence-corrected chi connectivity index (χ4v) is 2.72. The number of likely N-dealkylation sites (tertiary alicyclic amines) is 1. The van der Waals surface area contributed by atoms with Crippen molar-refractivity contribution in [2.75, 3.05) is 37.7 Å². The van der Waals surface area contributed by atoms with Crippen LogP contribution < -0.4 is 16.4 Å². The maximum atomic E-state index is 12.4. The molecule has 2 amide bonds. The van der Waals surface area contributed by atoms with E-state index in [1.54, 1.807) is 11.0 Å². The van der Waals surface area contributed by atoms with Gasteiger partial charge in [-0.05, 0) is 31.2 Å². The van der Waals surface area contributed by atoms with E-state index in [4.69, 9.17) is 16.2 Å². The minimum atomic E-state index is -0.919. The van der Waals surface area contributed by atoms with Crippen molar-refractivity contribution < 1.29 is 19.5 Å². The predicted octanol–water partition coefficient (Wildman–Crippen LogP) is -0.272. The van der Waals surface area contributed by atoms with Gasteiger partial charge in [-0.1, -0.05) is 0 Å². The molecule has 1 atom stereocenters. The minimum absolute atomic E-state index is 0.0842. The standard InChI is InChI=1S/C16H21N5O4/c1-19-16(25)14(18)11-6-10(2-3-12(11)17)20-15(24)9-4-5-21(7-9)8-13(22)23/h2-3,6,9,18H,4-5,7-8,17H2,1H3,(H,19,25)(H,20,24)(H,22,23)/t9-/m1/s1. The number of nitrogens with two attached hydrogens (primary N) is 1. The van der Waals surface area contributed by atoms with Crippen LogP contribution in [0.2, 0.25) is 0 Å². The van der Waals surface area contributed by atoms with Crippen molar-refractivity contribution in [3.63, 3.8) is 0 Å². The van der Waals surface area contributed by atoms with Crippen molar-refractivity contribution >= 4 is 34.9 Å². The van der Waals surface area contributed by atoms with Crippen LogP contribution in [0.25, 0.3) is 0 Å². The van der Waals surface area contributed by atoms with Gasteiger partial charge in [0.05, 0.1) is 12.5 Å². The highest BCUT2D eigenvalue weighted by molar-refractivity contribution is 6.45. The maximum Gasteiger partial charge on any atom is 0.317 e. The number of nitrogens with one attached hydrogen (secondary N) is 3. The van der Waals surface area contributed by atoms with Crippen LogP contribution in [0.15, 0.2) is 18.2 Å². The molecule has 9 nitrogen and oxygen atoms in total. The van der Waals surface area contributed by atoms with Crippen molar-refractivity contribution in [3.05, 3.63) is 23.8 Å². The third-order valence-electron chi connectivity index (χ3n) is 4.05. The molecule has 1 saturated heterocycles. The molecule has 2 rings (SSSR count). The molecular weight excluding hydrogens is 326 g/mol. The van der Waals surface area contributed by atoms with Crippen molar-refractivity contribution in [2.24, 2.45) is 5.92 Å². The minimum Gasteiger partial charge on any atom is -0.480 e. The average molecular weight is 347 g/mol. The molecule has 1 aromatic carbocycles. The molecule has 1 heterocycles. The first-order valence-corrected chi connectivity index (χ1v) is 7.77. The number of aliphatic carboxylic acids is 1. The average Bonchev–Trinajstić information content (AvgIpc) is 3.03. The lowest BCUT2D eigenvalue weighted by molar-refractivity contribution is -0.138. The number of nitrogen functional groups attached to an aromatic ring is 1. The van der Waals surface area contributed by atoms with E-state index in [-0.39, 0.29) is 35.3 Å². The van der Waals surface area contributed by atoms with Gasteiger partial charge < -0.3 is 21.5 Å². The lowest BCUT2D eigenvalue weighted by Crippen LogP contribution is -2.30. The van der Waals surface area contributed by atoms with E-state index in [1.807, 2.05) is 0 Å². The van der Waals surface area contributed by atoms with E-state index in [9.17, 15) is 14.4 Å². The van der Waals surface area contributed by atoms with Gasteiger partial charge in [-0.15, -0.1) is 0 Å². The van der Waals surface area contributed by atoms with Gasteiger partial charge in [-0.3, -0.25) is 24.7 Å². The molecule has 9 heteroatoms. The summed E-state index contributed by atoms with van der Waals surface area (Å²) in [4.78, 5) is 36.4. The van der Waals surface area contributed by atoms with Crippen LogP contribution in [0, 0.1) is 11.3 Å². The molecule has 0 saturated carbocycles. The van der Waals surface area contributed by atoms with E-state index in [0.29, 0.717) is 25.2 Å². The summed E-state index contributed by atoms with van der Waals surface area (Å²) in [5, 5.41) is 21.7. The Labute approximate surface area is 144 Å². The van der Waals surface area contributed by atoms with E-state index < -0.39 is 11.9 Å². The molecule has 6 N–H and O–H groups in total. The quantitative estimate of drug-likeness (QED) is 0.353. The van der Waals surface area contributed by atoms with Gasteiger partial charge in [-0.2, -0.15) is 0 Å². The molecule has 0 aliphatic carbocycles. The smallest absolute Gasteiger partial charge is 0.317 e. The van der Waals surface area contributed by atoms with Crippen molar-refractivity contribution in [1.82, 2.24) is 10.2 Å². The van der Waals surface area contributed by atoms with Crippen LogP contribution in [-0.2, 0) is 14.4 Å². The molecule has 134 valence electrons. The third kappa shape index (κ3) is 4.54. The van der Waals surface area contributed by atoms with E-state index >= 15 is 0 Å².